The Labute approximate surface area is 157 Å². The molecule has 0 radical (unpaired) electrons. The summed E-state index contributed by atoms with van der Waals surface area (Å²) < 4.78 is 11.6. The molecular weight excluding hydrogens is 348 g/mol. The zero-order valence-electron chi connectivity index (χ0n) is 16.4. The fourth-order valence-corrected chi connectivity index (χ4v) is 3.03. The highest BCUT2D eigenvalue weighted by molar-refractivity contribution is 6.09. The maximum absolute atomic E-state index is 13.3. The van der Waals surface area contributed by atoms with Gasteiger partial charge >= 0.3 is 5.69 Å². The Bertz CT molecular complexity index is 920. The molecule has 0 bridgehead atoms. The number of H-pyrrole nitrogens is 1. The van der Waals surface area contributed by atoms with E-state index in [0.29, 0.717) is 12.2 Å². The smallest absolute Gasteiger partial charge is 0.330 e. The van der Waals surface area contributed by atoms with E-state index in [2.05, 4.69) is 4.98 Å². The number of methoxy groups -OCH3 is 1. The third-order valence-corrected chi connectivity index (χ3v) is 4.16. The molecule has 7 nitrogen and oxygen atoms in total. The minimum absolute atomic E-state index is 0.0705. The van der Waals surface area contributed by atoms with Crippen molar-refractivity contribution in [2.75, 3.05) is 20.3 Å². The zero-order chi connectivity index (χ0) is 20.1. The van der Waals surface area contributed by atoms with Crippen molar-refractivity contribution in [2.24, 2.45) is 0 Å². The molecule has 1 heterocycles. The molecule has 0 aliphatic carbocycles. The van der Waals surface area contributed by atoms with Crippen molar-refractivity contribution >= 4 is 5.78 Å². The summed E-state index contributed by atoms with van der Waals surface area (Å²) >= 11 is 0. The van der Waals surface area contributed by atoms with Crippen LogP contribution in [-0.2, 0) is 16.2 Å². The Morgan fingerprint density at radius 2 is 1.74 bits per heavy atom. The van der Waals surface area contributed by atoms with Crippen molar-refractivity contribution in [3.63, 3.8) is 0 Å². The highest BCUT2D eigenvalue weighted by Gasteiger charge is 2.24. The Balaban J connectivity index is 2.64. The van der Waals surface area contributed by atoms with E-state index in [4.69, 9.17) is 9.47 Å². The van der Waals surface area contributed by atoms with Gasteiger partial charge in [0.25, 0.3) is 5.56 Å². The molecular formula is C20H26N2O5. The van der Waals surface area contributed by atoms with E-state index < -0.39 is 11.2 Å². The molecule has 0 aliphatic rings. The maximum Gasteiger partial charge on any atom is 0.330 e. The topological polar surface area (TPSA) is 90.4 Å². The summed E-state index contributed by atoms with van der Waals surface area (Å²) in [5.41, 5.74) is 1.42. The van der Waals surface area contributed by atoms with Gasteiger partial charge < -0.3 is 9.47 Å². The first-order valence-electron chi connectivity index (χ1n) is 8.83. The van der Waals surface area contributed by atoms with E-state index in [-0.39, 0.29) is 36.3 Å². The van der Waals surface area contributed by atoms with E-state index >= 15 is 0 Å². The SMILES string of the molecule is COCCOCn1c(C(=O)c2cc(C)cc(C)c2)c(C(C)C)c(=O)[nH]c1=O. The molecule has 0 amide bonds. The molecule has 1 aromatic heterocycles. The third-order valence-electron chi connectivity index (χ3n) is 4.16. The number of benzene rings is 1. The van der Waals surface area contributed by atoms with Crippen LogP contribution < -0.4 is 11.2 Å². The van der Waals surface area contributed by atoms with Gasteiger partial charge in [0, 0.05) is 18.2 Å². The summed E-state index contributed by atoms with van der Waals surface area (Å²) in [6.07, 6.45) is 0. The predicted molar refractivity (Wildman–Crippen MR) is 103 cm³/mol. The molecule has 0 unspecified atom stereocenters. The van der Waals surface area contributed by atoms with Crippen LogP contribution in [0.1, 0.15) is 52.5 Å². The third kappa shape index (κ3) is 4.81. The second-order valence-electron chi connectivity index (χ2n) is 6.84. The number of nitrogens with one attached hydrogen (secondary N) is 1. The van der Waals surface area contributed by atoms with E-state index in [0.717, 1.165) is 11.1 Å². The van der Waals surface area contributed by atoms with Gasteiger partial charge in [-0.05, 0) is 31.9 Å². The summed E-state index contributed by atoms with van der Waals surface area (Å²) in [4.78, 5) is 40.4. The van der Waals surface area contributed by atoms with Gasteiger partial charge in [-0.2, -0.15) is 0 Å². The van der Waals surface area contributed by atoms with Gasteiger partial charge in [0.05, 0.1) is 13.2 Å². The normalized spacial score (nSPS) is 11.2. The lowest BCUT2D eigenvalue weighted by Gasteiger charge is -2.17. The fourth-order valence-electron chi connectivity index (χ4n) is 3.03. The Kier molecular flexibility index (Phi) is 6.87. The summed E-state index contributed by atoms with van der Waals surface area (Å²) in [6, 6.07) is 5.46. The van der Waals surface area contributed by atoms with Crippen LogP contribution >= 0.6 is 0 Å². The highest BCUT2D eigenvalue weighted by atomic mass is 16.5. The number of nitrogens with zero attached hydrogens (tertiary/aromatic N) is 1. The first-order chi connectivity index (χ1) is 12.8. The van der Waals surface area contributed by atoms with Crippen molar-refractivity contribution in [2.45, 2.75) is 40.3 Å². The largest absolute Gasteiger partial charge is 0.382 e. The molecule has 0 atom stereocenters. The van der Waals surface area contributed by atoms with Crippen LogP contribution in [0.4, 0.5) is 0 Å². The molecule has 0 saturated carbocycles. The lowest BCUT2D eigenvalue weighted by atomic mass is 9.95. The number of ether oxygens (including phenoxy) is 2. The first kappa shape index (κ1) is 20.8. The monoisotopic (exact) mass is 374 g/mol. The molecule has 1 aromatic carbocycles. The number of carbonyl (C=O) groups is 1. The predicted octanol–water partition coefficient (Wildman–Crippen LogP) is 2.13. The van der Waals surface area contributed by atoms with Crippen LogP contribution in [0.5, 0.6) is 0 Å². The van der Waals surface area contributed by atoms with Gasteiger partial charge in [-0.3, -0.25) is 19.1 Å². The second-order valence-corrected chi connectivity index (χ2v) is 6.84. The summed E-state index contributed by atoms with van der Waals surface area (Å²) in [6.45, 7) is 7.88. The van der Waals surface area contributed by atoms with Crippen LogP contribution in [-0.4, -0.2) is 35.7 Å². The van der Waals surface area contributed by atoms with Crippen molar-refractivity contribution < 1.29 is 14.3 Å². The van der Waals surface area contributed by atoms with Gasteiger partial charge in [0.15, 0.2) is 0 Å². The van der Waals surface area contributed by atoms with Crippen LogP contribution in [0.2, 0.25) is 0 Å². The van der Waals surface area contributed by atoms with Crippen LogP contribution in [0.15, 0.2) is 27.8 Å². The zero-order valence-corrected chi connectivity index (χ0v) is 16.4. The average Bonchev–Trinajstić information content (AvgIpc) is 2.57. The fraction of sp³-hybridized carbons (Fsp3) is 0.450. The van der Waals surface area contributed by atoms with E-state index in [1.165, 1.54) is 4.57 Å². The van der Waals surface area contributed by atoms with Crippen LogP contribution in [0, 0.1) is 13.8 Å². The summed E-state index contributed by atoms with van der Waals surface area (Å²) in [5.74, 6) is -0.617. The number of carbonyl (C=O) groups excluding carboxylic acids is 1. The number of aromatic nitrogens is 2. The summed E-state index contributed by atoms with van der Waals surface area (Å²) in [7, 11) is 1.54. The molecule has 146 valence electrons. The molecule has 0 spiro atoms. The van der Waals surface area contributed by atoms with Gasteiger partial charge in [-0.25, -0.2) is 4.79 Å². The Morgan fingerprint density at radius 1 is 1.11 bits per heavy atom. The number of rotatable bonds is 8. The second kappa shape index (κ2) is 8.92. The van der Waals surface area contributed by atoms with Crippen LogP contribution in [0.3, 0.4) is 0 Å². The molecule has 0 aliphatic heterocycles. The highest BCUT2D eigenvalue weighted by Crippen LogP contribution is 2.19. The number of aromatic amines is 1. The van der Waals surface area contributed by atoms with E-state index in [1.54, 1.807) is 19.2 Å². The Hall–Kier alpha value is -2.51. The van der Waals surface area contributed by atoms with Gasteiger partial charge in [0.1, 0.15) is 12.4 Å². The standard InChI is InChI=1S/C20H26N2O5/c1-12(2)16-17(18(23)15-9-13(3)8-14(4)10-15)22(11-27-7-6-26-5)20(25)21-19(16)24/h8-10,12H,6-7,11H2,1-5H3,(H,21,24,25). The van der Waals surface area contributed by atoms with E-state index in [9.17, 15) is 14.4 Å². The van der Waals surface area contributed by atoms with Gasteiger partial charge in [-0.15, -0.1) is 0 Å². The van der Waals surface area contributed by atoms with Crippen molar-refractivity contribution in [3.05, 3.63) is 67.0 Å². The lowest BCUT2D eigenvalue weighted by molar-refractivity contribution is 0.0306. The molecule has 2 rings (SSSR count). The summed E-state index contributed by atoms with van der Waals surface area (Å²) in [5, 5.41) is 0. The number of aryl methyl sites for hydroxylation is 2. The van der Waals surface area contributed by atoms with Crippen molar-refractivity contribution in [3.8, 4) is 0 Å². The lowest BCUT2D eigenvalue weighted by Crippen LogP contribution is -2.38. The number of ketones is 1. The molecule has 2 aromatic rings. The molecule has 1 N–H and O–H groups in total. The molecule has 0 fully saturated rings. The van der Waals surface area contributed by atoms with Crippen molar-refractivity contribution in [1.82, 2.24) is 9.55 Å². The maximum atomic E-state index is 13.3. The number of hydrogen-bond donors (Lipinski definition) is 1. The minimum Gasteiger partial charge on any atom is -0.382 e. The van der Waals surface area contributed by atoms with Crippen molar-refractivity contribution in [1.29, 1.82) is 0 Å². The number of hydrogen-bond acceptors (Lipinski definition) is 5. The van der Waals surface area contributed by atoms with Gasteiger partial charge in [0.2, 0.25) is 5.78 Å². The quantitative estimate of drug-likeness (QED) is 0.565. The van der Waals surface area contributed by atoms with Crippen LogP contribution in [0.25, 0.3) is 0 Å². The van der Waals surface area contributed by atoms with Gasteiger partial charge in [-0.1, -0.05) is 31.0 Å². The first-order valence-corrected chi connectivity index (χ1v) is 8.83. The Morgan fingerprint density at radius 3 is 2.30 bits per heavy atom. The van der Waals surface area contributed by atoms with E-state index in [1.807, 2.05) is 33.8 Å². The molecule has 27 heavy (non-hydrogen) atoms. The molecule has 0 saturated heterocycles. The average molecular weight is 374 g/mol. The molecule has 7 heteroatoms. The minimum atomic E-state index is -0.672.